The van der Waals surface area contributed by atoms with Gasteiger partial charge in [-0.05, 0) is 17.5 Å². The van der Waals surface area contributed by atoms with Crippen molar-refractivity contribution in [3.8, 4) is 28.3 Å². The van der Waals surface area contributed by atoms with Crippen LogP contribution in [0.4, 0.5) is 0 Å². The van der Waals surface area contributed by atoms with Gasteiger partial charge in [0, 0.05) is 17.0 Å². The Morgan fingerprint density at radius 3 is 2.45 bits per heavy atom. The van der Waals surface area contributed by atoms with Crippen LogP contribution in [0.2, 0.25) is 0 Å². The minimum absolute atomic E-state index is 0.104. The van der Waals surface area contributed by atoms with Crippen LogP contribution in [0.1, 0.15) is 19.4 Å². The highest BCUT2D eigenvalue weighted by atomic mass is 16.5. The van der Waals surface area contributed by atoms with Crippen molar-refractivity contribution in [3.63, 3.8) is 0 Å². The summed E-state index contributed by atoms with van der Waals surface area (Å²) in [7, 11) is 0. The molecule has 2 aromatic heterocycles. The molecule has 0 aliphatic rings. The first-order valence-electron chi connectivity index (χ1n) is 9.84. The molecule has 0 spiro atoms. The van der Waals surface area contributed by atoms with E-state index in [4.69, 9.17) is 9.15 Å². The fourth-order valence-electron chi connectivity index (χ4n) is 3.26. The van der Waals surface area contributed by atoms with Crippen molar-refractivity contribution in [2.75, 3.05) is 13.2 Å². The van der Waals surface area contributed by atoms with Crippen LogP contribution in [-0.4, -0.2) is 23.2 Å². The summed E-state index contributed by atoms with van der Waals surface area (Å²) < 4.78 is 12.1. The van der Waals surface area contributed by atoms with Crippen molar-refractivity contribution < 1.29 is 14.3 Å². The summed E-state index contributed by atoms with van der Waals surface area (Å²) in [5, 5.41) is 11.9. The van der Waals surface area contributed by atoms with Gasteiger partial charge in [-0.25, -0.2) is 15.1 Å². The molecule has 0 bridgehead atoms. The first-order chi connectivity index (χ1) is 14.2. The second-order valence-electron chi connectivity index (χ2n) is 7.16. The van der Waals surface area contributed by atoms with E-state index >= 15 is 0 Å². The summed E-state index contributed by atoms with van der Waals surface area (Å²) in [4.78, 5) is 8.68. The number of ether oxygens (including phenoxy) is 1. The molecule has 2 heterocycles. The summed E-state index contributed by atoms with van der Waals surface area (Å²) in [6, 6.07) is 18.4. The van der Waals surface area contributed by atoms with Crippen molar-refractivity contribution in [1.29, 1.82) is 0 Å². The van der Waals surface area contributed by atoms with Crippen LogP contribution in [0.3, 0.4) is 0 Å². The van der Waals surface area contributed by atoms with Gasteiger partial charge in [-0.2, -0.15) is 0 Å². The molecular formula is C24H23N2O3. The molecule has 0 aliphatic heterocycles. The highest BCUT2D eigenvalue weighted by Crippen LogP contribution is 2.43. The summed E-state index contributed by atoms with van der Waals surface area (Å²) in [6.45, 7) is 4.10. The fraction of sp³-hybridized carbons (Fsp3) is 0.250. The Morgan fingerprint density at radius 1 is 1.00 bits per heavy atom. The van der Waals surface area contributed by atoms with Crippen molar-refractivity contribution in [3.05, 3.63) is 66.5 Å². The Bertz CT molecular complexity index is 1090. The van der Waals surface area contributed by atoms with Crippen LogP contribution in [0.5, 0.6) is 5.88 Å². The zero-order valence-corrected chi connectivity index (χ0v) is 16.6. The molecule has 5 nitrogen and oxygen atoms in total. The van der Waals surface area contributed by atoms with E-state index in [9.17, 15) is 5.11 Å². The van der Waals surface area contributed by atoms with E-state index in [1.807, 2.05) is 37.3 Å². The molecule has 0 amide bonds. The maximum atomic E-state index is 11.1. The largest absolute Gasteiger partial charge is 0.477 e. The Hall–Kier alpha value is -3.18. The average molecular weight is 387 g/mol. The molecule has 0 aliphatic carbocycles. The van der Waals surface area contributed by atoms with Gasteiger partial charge >= 0.3 is 0 Å². The zero-order chi connectivity index (χ0) is 20.2. The van der Waals surface area contributed by atoms with Crippen LogP contribution in [0.15, 0.2) is 65.3 Å². The lowest BCUT2D eigenvalue weighted by Crippen LogP contribution is -2.12. The zero-order valence-electron chi connectivity index (χ0n) is 16.6. The molecule has 4 aromatic rings. The number of fused-ring (bicyclic) bond motifs is 1. The minimum Gasteiger partial charge on any atom is -0.477 e. The molecule has 1 unspecified atom stereocenters. The van der Waals surface area contributed by atoms with Crippen molar-refractivity contribution >= 4 is 11.1 Å². The quantitative estimate of drug-likeness (QED) is 0.416. The molecule has 4 rings (SSSR count). The second kappa shape index (κ2) is 8.45. The molecule has 1 atom stereocenters. The topological polar surface area (TPSA) is 68.1 Å². The lowest BCUT2D eigenvalue weighted by molar-refractivity contribution is 0.117. The van der Waals surface area contributed by atoms with Gasteiger partial charge in [-0.3, -0.25) is 0 Å². The van der Waals surface area contributed by atoms with Crippen LogP contribution in [0, 0.1) is 5.92 Å². The molecule has 0 saturated heterocycles. The number of benzene rings is 2. The summed E-state index contributed by atoms with van der Waals surface area (Å²) >= 11 is 0. The average Bonchev–Trinajstić information content (AvgIpc) is 3.18. The molecule has 0 N–H and O–H groups in total. The Morgan fingerprint density at radius 2 is 1.76 bits per heavy atom. The van der Waals surface area contributed by atoms with E-state index < -0.39 is 0 Å². The van der Waals surface area contributed by atoms with Gasteiger partial charge in [0.1, 0.15) is 17.5 Å². The third-order valence-electron chi connectivity index (χ3n) is 4.93. The van der Waals surface area contributed by atoms with Crippen molar-refractivity contribution in [2.45, 2.75) is 20.3 Å². The number of furan rings is 1. The highest BCUT2D eigenvalue weighted by Gasteiger charge is 2.23. The van der Waals surface area contributed by atoms with Gasteiger partial charge in [-0.1, -0.05) is 68.4 Å². The predicted octanol–water partition coefficient (Wildman–Crippen LogP) is 5.56. The molecular weight excluding hydrogens is 364 g/mol. The smallest absolute Gasteiger partial charge is 0.234 e. The molecule has 147 valence electrons. The summed E-state index contributed by atoms with van der Waals surface area (Å²) in [5.41, 5.74) is 4.60. The third-order valence-corrected chi connectivity index (χ3v) is 4.93. The minimum atomic E-state index is -0.194. The van der Waals surface area contributed by atoms with E-state index in [0.29, 0.717) is 18.2 Å². The number of hydrogen-bond donors (Lipinski definition) is 0. The summed E-state index contributed by atoms with van der Waals surface area (Å²) in [5.74, 6) is 1.07. The standard InChI is InChI=1S/C24H23N2O3/c1-3-17-9-11-18(12-10-17)20-21-23(28-14-16(2)13-27)25-15-26-24(21)29-22(20)19-7-5-4-6-8-19/h4-12,15-16H,3,13-14H2,1-2H3. The van der Waals surface area contributed by atoms with Gasteiger partial charge in [-0.15, -0.1) is 0 Å². The van der Waals surface area contributed by atoms with Crippen molar-refractivity contribution in [2.24, 2.45) is 5.92 Å². The Labute approximate surface area is 170 Å². The first-order valence-corrected chi connectivity index (χ1v) is 9.84. The first kappa shape index (κ1) is 19.2. The molecule has 2 aromatic carbocycles. The molecule has 1 radical (unpaired) electrons. The van der Waals surface area contributed by atoms with Crippen LogP contribution in [0.25, 0.3) is 33.6 Å². The van der Waals surface area contributed by atoms with E-state index in [2.05, 4.69) is 41.2 Å². The van der Waals surface area contributed by atoms with Gasteiger partial charge < -0.3 is 9.15 Å². The lowest BCUT2D eigenvalue weighted by Gasteiger charge is -2.10. The van der Waals surface area contributed by atoms with Gasteiger partial charge in [0.2, 0.25) is 11.6 Å². The van der Waals surface area contributed by atoms with E-state index in [1.54, 1.807) is 0 Å². The van der Waals surface area contributed by atoms with E-state index in [0.717, 1.165) is 34.3 Å². The monoisotopic (exact) mass is 387 g/mol. The van der Waals surface area contributed by atoms with Crippen LogP contribution >= 0.6 is 0 Å². The number of aromatic nitrogens is 2. The maximum Gasteiger partial charge on any atom is 0.234 e. The predicted molar refractivity (Wildman–Crippen MR) is 112 cm³/mol. The third kappa shape index (κ3) is 3.87. The number of aryl methyl sites for hydroxylation is 1. The normalized spacial score (nSPS) is 12.2. The molecule has 29 heavy (non-hydrogen) atoms. The number of rotatable bonds is 7. The van der Waals surface area contributed by atoms with E-state index in [1.165, 1.54) is 11.9 Å². The number of nitrogens with zero attached hydrogens (tertiary/aromatic N) is 2. The number of hydrogen-bond acceptors (Lipinski definition) is 4. The Kier molecular flexibility index (Phi) is 5.58. The molecule has 0 saturated carbocycles. The maximum absolute atomic E-state index is 11.1. The summed E-state index contributed by atoms with van der Waals surface area (Å²) in [6.07, 6.45) is 2.41. The van der Waals surface area contributed by atoms with Gasteiger partial charge in [0.05, 0.1) is 13.2 Å². The Balaban J connectivity index is 1.92. The van der Waals surface area contributed by atoms with Gasteiger partial charge in [0.25, 0.3) is 0 Å². The van der Waals surface area contributed by atoms with Crippen LogP contribution in [-0.2, 0) is 11.5 Å². The van der Waals surface area contributed by atoms with Gasteiger partial charge in [0.15, 0.2) is 0 Å². The molecule has 0 fully saturated rings. The van der Waals surface area contributed by atoms with E-state index in [-0.39, 0.29) is 12.5 Å². The lowest BCUT2D eigenvalue weighted by atomic mass is 9.98. The molecule has 5 heteroatoms. The highest BCUT2D eigenvalue weighted by molar-refractivity contribution is 6.03. The fourth-order valence-corrected chi connectivity index (χ4v) is 3.26. The second-order valence-corrected chi connectivity index (χ2v) is 7.16. The SMILES string of the molecule is CCc1ccc(-c2c(-c3ccccc3)oc3ncnc(OCC(C)C[O])c23)cc1. The van der Waals surface area contributed by atoms with Crippen molar-refractivity contribution in [1.82, 2.24) is 9.97 Å². The van der Waals surface area contributed by atoms with Crippen LogP contribution < -0.4 is 4.74 Å².